The minimum absolute atomic E-state index is 0.0162. The van der Waals surface area contributed by atoms with Crippen molar-refractivity contribution in [2.45, 2.75) is 51.2 Å². The third-order valence-electron chi connectivity index (χ3n) is 5.00. The van der Waals surface area contributed by atoms with Crippen LogP contribution in [0.15, 0.2) is 24.3 Å². The van der Waals surface area contributed by atoms with Crippen LogP contribution < -0.4 is 21.7 Å². The number of nitrogens with two attached hydrogens (primary N) is 1. The molecular weight excluding hydrogens is 436 g/mol. The molecule has 0 aliphatic rings. The fraction of sp³-hybridized carbons (Fsp3) is 0.476. The fourth-order valence-electron chi connectivity index (χ4n) is 2.92. The summed E-state index contributed by atoms with van der Waals surface area (Å²) < 4.78 is 0. The number of carboxylic acids is 2. The zero-order valence-electron chi connectivity index (χ0n) is 18.4. The van der Waals surface area contributed by atoms with Crippen molar-refractivity contribution in [3.05, 3.63) is 29.8 Å². The molecule has 4 unspecified atom stereocenters. The molecule has 3 amide bonds. The van der Waals surface area contributed by atoms with E-state index in [2.05, 4.69) is 16.0 Å². The number of benzene rings is 1. The second kappa shape index (κ2) is 13.0. The highest BCUT2D eigenvalue weighted by molar-refractivity contribution is 5.95. The van der Waals surface area contributed by atoms with Crippen molar-refractivity contribution in [3.8, 4) is 5.75 Å². The van der Waals surface area contributed by atoms with Gasteiger partial charge in [0.25, 0.3) is 0 Å². The van der Waals surface area contributed by atoms with E-state index in [0.29, 0.717) is 12.0 Å². The number of nitrogens with one attached hydrogen (secondary N) is 3. The van der Waals surface area contributed by atoms with E-state index in [1.54, 1.807) is 13.8 Å². The normalized spacial score (nSPS) is 14.3. The Balaban J connectivity index is 3.16. The van der Waals surface area contributed by atoms with Crippen LogP contribution in [0.2, 0.25) is 0 Å². The average molecular weight is 466 g/mol. The maximum absolute atomic E-state index is 12.9. The monoisotopic (exact) mass is 466 g/mol. The Labute approximate surface area is 190 Å². The number of hydrogen-bond acceptors (Lipinski definition) is 7. The highest BCUT2D eigenvalue weighted by Crippen LogP contribution is 2.13. The third-order valence-corrected chi connectivity index (χ3v) is 5.00. The Morgan fingerprint density at radius 1 is 0.939 bits per heavy atom. The van der Waals surface area contributed by atoms with Gasteiger partial charge in [0.2, 0.25) is 17.7 Å². The lowest BCUT2D eigenvalue weighted by Crippen LogP contribution is -2.57. The molecule has 12 heteroatoms. The molecular formula is C21H30N4O8. The van der Waals surface area contributed by atoms with Gasteiger partial charge >= 0.3 is 11.9 Å². The Hall–Kier alpha value is -3.67. The lowest BCUT2D eigenvalue weighted by Gasteiger charge is -2.26. The number of aromatic hydroxyl groups is 1. The van der Waals surface area contributed by atoms with Crippen molar-refractivity contribution in [1.29, 1.82) is 0 Å². The van der Waals surface area contributed by atoms with Crippen LogP contribution in [0, 0.1) is 5.92 Å². The Bertz CT molecular complexity index is 858. The molecule has 0 heterocycles. The number of phenols is 1. The van der Waals surface area contributed by atoms with Gasteiger partial charge in [0, 0.05) is 6.42 Å². The van der Waals surface area contributed by atoms with Crippen LogP contribution in [0.25, 0.3) is 0 Å². The van der Waals surface area contributed by atoms with Gasteiger partial charge in [-0.3, -0.25) is 19.2 Å². The quantitative estimate of drug-likeness (QED) is 0.189. The molecule has 0 saturated carbocycles. The summed E-state index contributed by atoms with van der Waals surface area (Å²) in [5, 5.41) is 35.0. The largest absolute Gasteiger partial charge is 0.508 e. The Morgan fingerprint density at radius 2 is 1.52 bits per heavy atom. The van der Waals surface area contributed by atoms with Crippen molar-refractivity contribution in [2.75, 3.05) is 6.54 Å². The molecule has 1 aromatic carbocycles. The van der Waals surface area contributed by atoms with Gasteiger partial charge in [0.15, 0.2) is 0 Å². The SMILES string of the molecule is CCC(C)C(NC(=O)C(Cc1ccc(O)cc1)NC(=O)C(CC(=O)O)NC(=O)CN)C(=O)O. The molecule has 0 fully saturated rings. The smallest absolute Gasteiger partial charge is 0.326 e. The van der Waals surface area contributed by atoms with Crippen LogP contribution in [0.3, 0.4) is 0 Å². The first-order valence-electron chi connectivity index (χ1n) is 10.3. The van der Waals surface area contributed by atoms with Crippen molar-refractivity contribution >= 4 is 29.7 Å². The predicted octanol–water partition coefficient (Wildman–Crippen LogP) is -1.05. The van der Waals surface area contributed by atoms with Crippen molar-refractivity contribution in [2.24, 2.45) is 11.7 Å². The maximum atomic E-state index is 12.9. The lowest BCUT2D eigenvalue weighted by molar-refractivity contribution is -0.144. The van der Waals surface area contributed by atoms with Crippen molar-refractivity contribution < 1.29 is 39.3 Å². The van der Waals surface area contributed by atoms with Gasteiger partial charge in [-0.2, -0.15) is 0 Å². The summed E-state index contributed by atoms with van der Waals surface area (Å²) in [6.07, 6.45) is -0.372. The van der Waals surface area contributed by atoms with E-state index in [9.17, 15) is 34.2 Å². The highest BCUT2D eigenvalue weighted by Gasteiger charge is 2.32. The van der Waals surface area contributed by atoms with Gasteiger partial charge in [0.1, 0.15) is 23.9 Å². The standard InChI is InChI=1S/C21H30N4O8/c1-3-11(2)18(21(32)33)25-20(31)14(8-12-4-6-13(26)7-5-12)24-19(30)15(9-17(28)29)23-16(27)10-22/h4-7,11,14-15,18,26H,3,8-10,22H2,1-2H3,(H,23,27)(H,24,30)(H,25,31)(H,28,29)(H,32,33). The Kier molecular flexibility index (Phi) is 10.8. The summed E-state index contributed by atoms with van der Waals surface area (Å²) in [4.78, 5) is 60.0. The second-order valence-electron chi connectivity index (χ2n) is 7.56. The maximum Gasteiger partial charge on any atom is 0.326 e. The van der Waals surface area contributed by atoms with E-state index in [4.69, 9.17) is 10.8 Å². The van der Waals surface area contributed by atoms with E-state index in [0.717, 1.165) is 0 Å². The van der Waals surface area contributed by atoms with Gasteiger partial charge in [-0.15, -0.1) is 0 Å². The zero-order valence-corrected chi connectivity index (χ0v) is 18.4. The van der Waals surface area contributed by atoms with Gasteiger partial charge in [-0.05, 0) is 23.6 Å². The number of rotatable bonds is 13. The van der Waals surface area contributed by atoms with Crippen LogP contribution >= 0.6 is 0 Å². The molecule has 0 radical (unpaired) electrons. The van der Waals surface area contributed by atoms with Crippen LogP contribution in [-0.2, 0) is 30.4 Å². The number of aliphatic carboxylic acids is 2. The van der Waals surface area contributed by atoms with Crippen LogP contribution in [-0.4, -0.2) is 69.7 Å². The summed E-state index contributed by atoms with van der Waals surface area (Å²) in [5.41, 5.74) is 5.74. The number of amides is 3. The number of carbonyl (C=O) groups excluding carboxylic acids is 3. The summed E-state index contributed by atoms with van der Waals surface area (Å²) in [5.74, 6) is -5.55. The van der Waals surface area contributed by atoms with Gasteiger partial charge in [-0.25, -0.2) is 4.79 Å². The average Bonchev–Trinajstić information content (AvgIpc) is 2.76. The second-order valence-corrected chi connectivity index (χ2v) is 7.56. The molecule has 33 heavy (non-hydrogen) atoms. The summed E-state index contributed by atoms with van der Waals surface area (Å²) in [6.45, 7) is 2.94. The van der Waals surface area contributed by atoms with E-state index in [1.165, 1.54) is 24.3 Å². The van der Waals surface area contributed by atoms with Gasteiger partial charge < -0.3 is 37.0 Å². The first-order chi connectivity index (χ1) is 15.5. The fourth-order valence-corrected chi connectivity index (χ4v) is 2.92. The molecule has 0 spiro atoms. The summed E-state index contributed by atoms with van der Waals surface area (Å²) >= 11 is 0. The molecule has 8 N–H and O–H groups in total. The molecule has 4 atom stereocenters. The third kappa shape index (κ3) is 9.15. The van der Waals surface area contributed by atoms with Crippen molar-refractivity contribution in [3.63, 3.8) is 0 Å². The topological polar surface area (TPSA) is 208 Å². The van der Waals surface area contributed by atoms with Crippen LogP contribution in [0.1, 0.15) is 32.3 Å². The van der Waals surface area contributed by atoms with E-state index >= 15 is 0 Å². The molecule has 0 aliphatic carbocycles. The number of hydrogen-bond donors (Lipinski definition) is 7. The first kappa shape index (κ1) is 27.4. The molecule has 182 valence electrons. The zero-order chi connectivity index (χ0) is 25.1. The minimum atomic E-state index is -1.50. The van der Waals surface area contributed by atoms with E-state index in [-0.39, 0.29) is 12.2 Å². The Morgan fingerprint density at radius 3 is 2.00 bits per heavy atom. The van der Waals surface area contributed by atoms with E-state index < -0.39 is 66.7 Å². The highest BCUT2D eigenvalue weighted by atomic mass is 16.4. The number of carboxylic acid groups (broad SMARTS) is 2. The van der Waals surface area contributed by atoms with Crippen molar-refractivity contribution in [1.82, 2.24) is 16.0 Å². The molecule has 1 aromatic rings. The molecule has 0 aromatic heterocycles. The molecule has 0 bridgehead atoms. The van der Waals surface area contributed by atoms with Gasteiger partial charge in [-0.1, -0.05) is 32.4 Å². The first-order valence-corrected chi connectivity index (χ1v) is 10.3. The van der Waals surface area contributed by atoms with E-state index in [1.807, 2.05) is 0 Å². The minimum Gasteiger partial charge on any atom is -0.508 e. The number of carbonyl (C=O) groups is 5. The summed E-state index contributed by atoms with van der Waals surface area (Å²) in [6, 6.07) is 1.76. The molecule has 12 nitrogen and oxygen atoms in total. The molecule has 0 aliphatic heterocycles. The van der Waals surface area contributed by atoms with Gasteiger partial charge in [0.05, 0.1) is 13.0 Å². The molecule has 0 saturated heterocycles. The number of phenolic OH excluding ortho intramolecular Hbond substituents is 1. The van der Waals surface area contributed by atoms with Crippen LogP contribution in [0.4, 0.5) is 0 Å². The molecule has 1 rings (SSSR count). The van der Waals surface area contributed by atoms with Crippen LogP contribution in [0.5, 0.6) is 5.75 Å². The predicted molar refractivity (Wildman–Crippen MR) is 116 cm³/mol. The lowest BCUT2D eigenvalue weighted by atomic mass is 9.98. The summed E-state index contributed by atoms with van der Waals surface area (Å²) in [7, 11) is 0.